The first-order valence-corrected chi connectivity index (χ1v) is 7.04. The molecule has 3 rings (SSSR count). The fourth-order valence-electron chi connectivity index (χ4n) is 2.31. The van der Waals surface area contributed by atoms with E-state index in [0.717, 1.165) is 17.3 Å². The van der Waals surface area contributed by atoms with Gasteiger partial charge in [0.15, 0.2) is 0 Å². The molecule has 0 atom stereocenters. The molecule has 2 aromatic carbocycles. The van der Waals surface area contributed by atoms with Gasteiger partial charge in [0.2, 0.25) is 0 Å². The van der Waals surface area contributed by atoms with E-state index in [9.17, 15) is 0 Å². The Bertz CT molecular complexity index is 715. The number of rotatable bonds is 4. The fraction of sp³-hybridized carbons (Fsp3) is 0.176. The first kappa shape index (κ1) is 13.1. The van der Waals surface area contributed by atoms with Crippen molar-refractivity contribution in [2.24, 2.45) is 0 Å². The lowest BCUT2D eigenvalue weighted by Gasteiger charge is -2.08. The zero-order valence-corrected chi connectivity index (χ0v) is 12.1. The quantitative estimate of drug-likeness (QED) is 0.679. The lowest BCUT2D eigenvalue weighted by Crippen LogP contribution is -2.07. The van der Waals surface area contributed by atoms with Crippen LogP contribution in [0.1, 0.15) is 5.56 Å². The fourth-order valence-corrected chi connectivity index (χ4v) is 2.43. The van der Waals surface area contributed by atoms with Gasteiger partial charge in [-0.15, -0.1) is 0 Å². The van der Waals surface area contributed by atoms with E-state index in [-0.39, 0.29) is 0 Å². The van der Waals surface area contributed by atoms with Gasteiger partial charge in [0.05, 0.1) is 6.54 Å². The molecule has 2 nitrogen and oxygen atoms in total. The summed E-state index contributed by atoms with van der Waals surface area (Å²) in [4.78, 5) is 0. The molecule has 0 aliphatic heterocycles. The Kier molecular flexibility index (Phi) is 3.66. The van der Waals surface area contributed by atoms with Crippen LogP contribution in [0, 0.1) is 6.92 Å². The molecule has 1 heterocycles. The number of hydrogen-bond donors (Lipinski definition) is 0. The molecule has 0 bridgehead atoms. The van der Waals surface area contributed by atoms with E-state index in [4.69, 9.17) is 16.3 Å². The highest BCUT2D eigenvalue weighted by Gasteiger charge is 2.01. The summed E-state index contributed by atoms with van der Waals surface area (Å²) in [5.74, 6) is 0.849. The number of aromatic nitrogens is 1. The average molecular weight is 286 g/mol. The Labute approximate surface area is 123 Å². The number of halogens is 1. The summed E-state index contributed by atoms with van der Waals surface area (Å²) in [5, 5.41) is 2.00. The summed E-state index contributed by atoms with van der Waals surface area (Å²) in [5.41, 5.74) is 2.53. The topological polar surface area (TPSA) is 14.2 Å². The highest BCUT2D eigenvalue weighted by atomic mass is 35.5. The van der Waals surface area contributed by atoms with Gasteiger partial charge in [-0.3, -0.25) is 0 Å². The molecule has 3 aromatic rings. The van der Waals surface area contributed by atoms with Crippen LogP contribution in [0.2, 0.25) is 5.02 Å². The second-order valence-corrected chi connectivity index (χ2v) is 5.31. The number of aryl methyl sites for hydroxylation is 1. The highest BCUT2D eigenvalue weighted by molar-refractivity contribution is 6.30. The second kappa shape index (κ2) is 5.59. The maximum atomic E-state index is 5.85. The van der Waals surface area contributed by atoms with Gasteiger partial charge in [-0.2, -0.15) is 0 Å². The summed E-state index contributed by atoms with van der Waals surface area (Å²) in [6, 6.07) is 16.1. The third-order valence-electron chi connectivity index (χ3n) is 3.34. The summed E-state index contributed by atoms with van der Waals surface area (Å²) < 4.78 is 7.94. The SMILES string of the molecule is Cc1ccc2c(ccn2CCOc2ccc(Cl)cc2)c1. The Morgan fingerprint density at radius 1 is 1.05 bits per heavy atom. The molecular weight excluding hydrogens is 270 g/mol. The van der Waals surface area contributed by atoms with Crippen LogP contribution in [0.25, 0.3) is 10.9 Å². The highest BCUT2D eigenvalue weighted by Crippen LogP contribution is 2.18. The van der Waals surface area contributed by atoms with Gasteiger partial charge in [0, 0.05) is 16.7 Å². The van der Waals surface area contributed by atoms with Gasteiger partial charge in [0.1, 0.15) is 12.4 Å². The van der Waals surface area contributed by atoms with Crippen LogP contribution in [-0.2, 0) is 6.54 Å². The first-order chi connectivity index (χ1) is 9.72. The largest absolute Gasteiger partial charge is 0.492 e. The van der Waals surface area contributed by atoms with Crippen LogP contribution in [0.4, 0.5) is 0 Å². The van der Waals surface area contributed by atoms with Crippen molar-refractivity contribution in [1.82, 2.24) is 4.57 Å². The van der Waals surface area contributed by atoms with Crippen LogP contribution in [0.15, 0.2) is 54.7 Å². The number of benzene rings is 2. The molecule has 3 heteroatoms. The molecule has 0 radical (unpaired) electrons. The van der Waals surface area contributed by atoms with Crippen molar-refractivity contribution >= 4 is 22.5 Å². The number of fused-ring (bicyclic) bond motifs is 1. The van der Waals surface area contributed by atoms with Crippen molar-refractivity contribution in [3.8, 4) is 5.75 Å². The third kappa shape index (κ3) is 2.81. The number of ether oxygens (including phenoxy) is 1. The average Bonchev–Trinajstić information content (AvgIpc) is 2.83. The zero-order chi connectivity index (χ0) is 13.9. The molecule has 20 heavy (non-hydrogen) atoms. The summed E-state index contributed by atoms with van der Waals surface area (Å²) in [7, 11) is 0. The monoisotopic (exact) mass is 285 g/mol. The van der Waals surface area contributed by atoms with E-state index in [2.05, 4.69) is 42.0 Å². The Hall–Kier alpha value is -1.93. The minimum Gasteiger partial charge on any atom is -0.492 e. The van der Waals surface area contributed by atoms with E-state index >= 15 is 0 Å². The van der Waals surface area contributed by atoms with Gasteiger partial charge < -0.3 is 9.30 Å². The molecule has 0 spiro atoms. The van der Waals surface area contributed by atoms with E-state index in [1.165, 1.54) is 16.5 Å². The van der Waals surface area contributed by atoms with Crippen LogP contribution in [0.3, 0.4) is 0 Å². The van der Waals surface area contributed by atoms with Crippen molar-refractivity contribution in [3.05, 3.63) is 65.3 Å². The molecular formula is C17H16ClNO. The minimum absolute atomic E-state index is 0.638. The van der Waals surface area contributed by atoms with Gasteiger partial charge in [-0.25, -0.2) is 0 Å². The molecule has 0 saturated carbocycles. The predicted molar refractivity (Wildman–Crippen MR) is 83.6 cm³/mol. The molecule has 0 aliphatic carbocycles. The molecule has 0 N–H and O–H groups in total. The van der Waals surface area contributed by atoms with Crippen LogP contribution in [0.5, 0.6) is 5.75 Å². The Balaban J connectivity index is 1.66. The smallest absolute Gasteiger partial charge is 0.119 e. The maximum Gasteiger partial charge on any atom is 0.119 e. The standard InChI is InChI=1S/C17H16ClNO/c1-13-2-7-17-14(12-13)8-9-19(17)10-11-20-16-5-3-15(18)4-6-16/h2-9,12H,10-11H2,1H3. The second-order valence-electron chi connectivity index (χ2n) is 4.87. The molecule has 0 amide bonds. The normalized spacial score (nSPS) is 10.9. The maximum absolute atomic E-state index is 5.85. The summed E-state index contributed by atoms with van der Waals surface area (Å²) >= 11 is 5.85. The third-order valence-corrected chi connectivity index (χ3v) is 3.59. The lowest BCUT2D eigenvalue weighted by molar-refractivity contribution is 0.300. The van der Waals surface area contributed by atoms with Gasteiger partial charge in [0.25, 0.3) is 0 Å². The van der Waals surface area contributed by atoms with Gasteiger partial charge in [-0.05, 0) is 54.8 Å². The van der Waals surface area contributed by atoms with E-state index in [1.807, 2.05) is 24.3 Å². The van der Waals surface area contributed by atoms with Crippen molar-refractivity contribution in [2.75, 3.05) is 6.61 Å². The molecule has 0 aliphatic rings. The molecule has 102 valence electrons. The molecule has 0 unspecified atom stereocenters. The molecule has 0 fully saturated rings. The zero-order valence-electron chi connectivity index (χ0n) is 11.3. The summed E-state index contributed by atoms with van der Waals surface area (Å²) in [6.45, 7) is 3.58. The molecule has 1 aromatic heterocycles. The van der Waals surface area contributed by atoms with Crippen LogP contribution in [-0.4, -0.2) is 11.2 Å². The lowest BCUT2D eigenvalue weighted by atomic mass is 10.2. The van der Waals surface area contributed by atoms with Crippen molar-refractivity contribution in [1.29, 1.82) is 0 Å². The van der Waals surface area contributed by atoms with Crippen LogP contribution < -0.4 is 4.74 Å². The van der Waals surface area contributed by atoms with Crippen molar-refractivity contribution in [2.45, 2.75) is 13.5 Å². The van der Waals surface area contributed by atoms with E-state index in [0.29, 0.717) is 6.61 Å². The number of hydrogen-bond acceptors (Lipinski definition) is 1. The van der Waals surface area contributed by atoms with Gasteiger partial charge in [-0.1, -0.05) is 23.2 Å². The summed E-state index contributed by atoms with van der Waals surface area (Å²) in [6.07, 6.45) is 2.11. The first-order valence-electron chi connectivity index (χ1n) is 6.66. The Morgan fingerprint density at radius 2 is 1.85 bits per heavy atom. The van der Waals surface area contributed by atoms with E-state index < -0.39 is 0 Å². The van der Waals surface area contributed by atoms with Crippen molar-refractivity contribution in [3.63, 3.8) is 0 Å². The van der Waals surface area contributed by atoms with Gasteiger partial charge >= 0.3 is 0 Å². The predicted octanol–water partition coefficient (Wildman–Crippen LogP) is 4.68. The van der Waals surface area contributed by atoms with E-state index in [1.54, 1.807) is 0 Å². The Morgan fingerprint density at radius 3 is 2.65 bits per heavy atom. The minimum atomic E-state index is 0.638. The van der Waals surface area contributed by atoms with Crippen LogP contribution >= 0.6 is 11.6 Å². The number of nitrogens with zero attached hydrogens (tertiary/aromatic N) is 1. The molecule has 0 saturated heterocycles. The van der Waals surface area contributed by atoms with Crippen molar-refractivity contribution < 1.29 is 4.74 Å².